The van der Waals surface area contributed by atoms with Crippen LogP contribution in [-0.2, 0) is 24.2 Å². The summed E-state index contributed by atoms with van der Waals surface area (Å²) < 4.78 is 7.48. The summed E-state index contributed by atoms with van der Waals surface area (Å²) in [6.45, 7) is 8.10. The Bertz CT molecular complexity index is 462. The van der Waals surface area contributed by atoms with Gasteiger partial charge in [0.25, 0.3) is 0 Å². The number of aromatic nitrogens is 2. The molecule has 0 saturated heterocycles. The maximum atomic E-state index is 12.0. The van der Waals surface area contributed by atoms with E-state index in [0.717, 1.165) is 24.4 Å². The highest BCUT2D eigenvalue weighted by Crippen LogP contribution is 2.15. The summed E-state index contributed by atoms with van der Waals surface area (Å²) >= 11 is 0. The fourth-order valence-corrected chi connectivity index (χ4v) is 2.19. The molecule has 0 saturated carbocycles. The zero-order chi connectivity index (χ0) is 14.0. The van der Waals surface area contributed by atoms with Crippen molar-refractivity contribution < 1.29 is 9.53 Å². The highest BCUT2D eigenvalue weighted by atomic mass is 16.6. The van der Waals surface area contributed by atoms with Crippen LogP contribution in [0.3, 0.4) is 0 Å². The highest BCUT2D eigenvalue weighted by molar-refractivity contribution is 5.68. The molecule has 2 N–H and O–H groups in total. The van der Waals surface area contributed by atoms with Gasteiger partial charge in [-0.25, -0.2) is 9.78 Å². The number of imidazole rings is 1. The van der Waals surface area contributed by atoms with Gasteiger partial charge in [-0.1, -0.05) is 0 Å². The molecule has 0 bridgehead atoms. The summed E-state index contributed by atoms with van der Waals surface area (Å²) in [5.74, 6) is 0. The van der Waals surface area contributed by atoms with E-state index in [-0.39, 0.29) is 6.09 Å². The Morgan fingerprint density at radius 1 is 1.42 bits per heavy atom. The van der Waals surface area contributed by atoms with Gasteiger partial charge in [-0.3, -0.25) is 0 Å². The lowest BCUT2D eigenvalue weighted by Crippen LogP contribution is -2.38. The second kappa shape index (κ2) is 5.21. The van der Waals surface area contributed by atoms with Crippen LogP contribution in [0.5, 0.6) is 0 Å². The number of ether oxygens (including phenoxy) is 1. The average Bonchev–Trinajstić information content (AvgIpc) is 2.57. The number of carbonyl (C=O) groups is 1. The van der Waals surface area contributed by atoms with Gasteiger partial charge in [0.1, 0.15) is 5.60 Å². The van der Waals surface area contributed by atoms with Gasteiger partial charge in [-0.2, -0.15) is 0 Å². The van der Waals surface area contributed by atoms with Crippen LogP contribution in [0.2, 0.25) is 0 Å². The van der Waals surface area contributed by atoms with E-state index in [0.29, 0.717) is 19.6 Å². The summed E-state index contributed by atoms with van der Waals surface area (Å²) in [5.41, 5.74) is 7.27. The SMILES string of the molecule is CC(C)(C)OC(=O)N1CCc2c(CN)ncn2CC1. The summed E-state index contributed by atoms with van der Waals surface area (Å²) in [6.07, 6.45) is 2.32. The Hall–Kier alpha value is -1.56. The summed E-state index contributed by atoms with van der Waals surface area (Å²) in [5, 5.41) is 0. The Morgan fingerprint density at radius 3 is 2.79 bits per heavy atom. The van der Waals surface area contributed by atoms with Crippen LogP contribution in [0, 0.1) is 0 Å². The Kier molecular flexibility index (Phi) is 3.80. The van der Waals surface area contributed by atoms with E-state index in [1.165, 1.54) is 0 Å². The normalized spacial score (nSPS) is 15.9. The van der Waals surface area contributed by atoms with Gasteiger partial charge in [0.2, 0.25) is 0 Å². The lowest BCUT2D eigenvalue weighted by molar-refractivity contribution is 0.0254. The number of rotatable bonds is 1. The third-order valence-electron chi connectivity index (χ3n) is 3.11. The van der Waals surface area contributed by atoms with Gasteiger partial charge in [-0.05, 0) is 20.8 Å². The average molecular weight is 266 g/mol. The molecule has 1 aliphatic heterocycles. The van der Waals surface area contributed by atoms with E-state index in [9.17, 15) is 4.79 Å². The molecular weight excluding hydrogens is 244 g/mol. The smallest absolute Gasteiger partial charge is 0.410 e. The molecular formula is C13H22N4O2. The second-order valence-corrected chi connectivity index (χ2v) is 5.75. The molecule has 0 aliphatic carbocycles. The number of amides is 1. The first-order valence-corrected chi connectivity index (χ1v) is 6.61. The van der Waals surface area contributed by atoms with Crippen LogP contribution in [0.4, 0.5) is 4.79 Å². The summed E-state index contributed by atoms with van der Waals surface area (Å²) in [4.78, 5) is 18.1. The molecule has 106 valence electrons. The van der Waals surface area contributed by atoms with Gasteiger partial charge < -0.3 is 19.9 Å². The maximum absolute atomic E-state index is 12.0. The summed E-state index contributed by atoms with van der Waals surface area (Å²) in [7, 11) is 0. The minimum atomic E-state index is -0.456. The van der Waals surface area contributed by atoms with Gasteiger partial charge >= 0.3 is 6.09 Å². The topological polar surface area (TPSA) is 73.4 Å². The van der Waals surface area contributed by atoms with Gasteiger partial charge in [0, 0.05) is 38.3 Å². The lowest BCUT2D eigenvalue weighted by atomic mass is 10.2. The molecule has 0 aromatic carbocycles. The van der Waals surface area contributed by atoms with Crippen molar-refractivity contribution in [3.8, 4) is 0 Å². The van der Waals surface area contributed by atoms with Crippen molar-refractivity contribution in [1.29, 1.82) is 0 Å². The fraction of sp³-hybridized carbons (Fsp3) is 0.692. The first kappa shape index (κ1) is 13.9. The largest absolute Gasteiger partial charge is 0.444 e. The first-order chi connectivity index (χ1) is 8.90. The second-order valence-electron chi connectivity index (χ2n) is 5.75. The third kappa shape index (κ3) is 3.26. The van der Waals surface area contributed by atoms with Gasteiger partial charge in [-0.15, -0.1) is 0 Å². The lowest BCUT2D eigenvalue weighted by Gasteiger charge is -2.26. The van der Waals surface area contributed by atoms with E-state index >= 15 is 0 Å². The molecule has 2 rings (SSSR count). The van der Waals surface area contributed by atoms with Crippen molar-refractivity contribution in [2.24, 2.45) is 5.73 Å². The van der Waals surface area contributed by atoms with E-state index in [2.05, 4.69) is 9.55 Å². The Balaban J connectivity index is 2.03. The number of hydrogen-bond donors (Lipinski definition) is 1. The number of hydrogen-bond acceptors (Lipinski definition) is 4. The quantitative estimate of drug-likeness (QED) is 0.827. The number of nitrogens with two attached hydrogens (primary N) is 1. The molecule has 1 amide bonds. The number of carbonyl (C=O) groups excluding carboxylic acids is 1. The standard InChI is InChI=1S/C13H22N4O2/c1-13(2,3)19-12(18)16-5-4-11-10(8-14)15-9-17(11)7-6-16/h9H,4-8,14H2,1-3H3. The van der Waals surface area contributed by atoms with E-state index in [4.69, 9.17) is 10.5 Å². The maximum Gasteiger partial charge on any atom is 0.410 e. The van der Waals surface area contributed by atoms with Crippen LogP contribution in [0.15, 0.2) is 6.33 Å². The van der Waals surface area contributed by atoms with E-state index in [1.54, 1.807) is 11.2 Å². The Labute approximate surface area is 113 Å². The predicted molar refractivity (Wildman–Crippen MR) is 71.6 cm³/mol. The van der Waals surface area contributed by atoms with Crippen molar-refractivity contribution in [1.82, 2.24) is 14.5 Å². The molecule has 19 heavy (non-hydrogen) atoms. The van der Waals surface area contributed by atoms with E-state index in [1.807, 2.05) is 20.8 Å². The van der Waals surface area contributed by atoms with E-state index < -0.39 is 5.60 Å². The zero-order valence-electron chi connectivity index (χ0n) is 11.8. The van der Waals surface area contributed by atoms with Crippen LogP contribution >= 0.6 is 0 Å². The molecule has 2 heterocycles. The minimum Gasteiger partial charge on any atom is -0.444 e. The molecule has 0 atom stereocenters. The molecule has 1 aromatic heterocycles. The van der Waals surface area contributed by atoms with Crippen LogP contribution < -0.4 is 5.73 Å². The van der Waals surface area contributed by atoms with Crippen molar-refractivity contribution in [3.63, 3.8) is 0 Å². The third-order valence-corrected chi connectivity index (χ3v) is 3.11. The molecule has 6 heteroatoms. The first-order valence-electron chi connectivity index (χ1n) is 6.61. The molecule has 1 aromatic rings. The van der Waals surface area contributed by atoms with Crippen LogP contribution in [0.1, 0.15) is 32.2 Å². The van der Waals surface area contributed by atoms with Gasteiger partial charge in [0.05, 0.1) is 12.0 Å². The minimum absolute atomic E-state index is 0.250. The molecule has 0 spiro atoms. The number of fused-ring (bicyclic) bond motifs is 1. The van der Waals surface area contributed by atoms with Crippen LogP contribution in [-0.4, -0.2) is 39.2 Å². The van der Waals surface area contributed by atoms with Crippen molar-refractivity contribution in [3.05, 3.63) is 17.7 Å². The highest BCUT2D eigenvalue weighted by Gasteiger charge is 2.24. The van der Waals surface area contributed by atoms with Crippen molar-refractivity contribution in [2.75, 3.05) is 13.1 Å². The van der Waals surface area contributed by atoms with Crippen molar-refractivity contribution >= 4 is 6.09 Å². The molecule has 0 radical (unpaired) electrons. The number of nitrogens with zero attached hydrogens (tertiary/aromatic N) is 3. The molecule has 0 unspecified atom stereocenters. The molecule has 0 fully saturated rings. The van der Waals surface area contributed by atoms with Crippen molar-refractivity contribution in [2.45, 2.75) is 45.9 Å². The molecule has 1 aliphatic rings. The Morgan fingerprint density at radius 2 is 2.16 bits per heavy atom. The van der Waals surface area contributed by atoms with Gasteiger partial charge in [0.15, 0.2) is 0 Å². The summed E-state index contributed by atoms with van der Waals surface area (Å²) in [6, 6.07) is 0. The molecule has 6 nitrogen and oxygen atoms in total. The fourth-order valence-electron chi connectivity index (χ4n) is 2.19. The van der Waals surface area contributed by atoms with Crippen LogP contribution in [0.25, 0.3) is 0 Å². The zero-order valence-corrected chi connectivity index (χ0v) is 11.8. The predicted octanol–water partition coefficient (Wildman–Crippen LogP) is 1.13. The monoisotopic (exact) mass is 266 g/mol.